The summed E-state index contributed by atoms with van der Waals surface area (Å²) < 4.78 is 57.7. The smallest absolute Gasteiger partial charge is 0.398 e. The summed E-state index contributed by atoms with van der Waals surface area (Å²) in [4.78, 5) is 11.6. The fraction of sp³-hybridized carbons (Fsp3) is 0.217. The summed E-state index contributed by atoms with van der Waals surface area (Å²) in [6, 6.07) is 7.26. The Labute approximate surface area is 207 Å². The number of anilines is 2. The Kier molecular flexibility index (Phi) is 6.96. The van der Waals surface area contributed by atoms with Gasteiger partial charge in [0.1, 0.15) is 6.07 Å². The second-order valence-electron chi connectivity index (χ2n) is 7.81. The number of halogens is 7. The molecule has 1 aliphatic rings. The molecular formula is C23H16Cl3F4N3O. The quantitative estimate of drug-likeness (QED) is 0.246. The van der Waals surface area contributed by atoms with Gasteiger partial charge < -0.3 is 11.1 Å². The number of hydrogen-bond acceptors (Lipinski definition) is 3. The zero-order chi connectivity index (χ0) is 25.5. The number of hydrogen-bond donors (Lipinski definition) is 2. The number of nitrogens with one attached hydrogen (secondary N) is 1. The maximum absolute atomic E-state index is 15.8. The van der Waals surface area contributed by atoms with Crippen LogP contribution in [0, 0.1) is 11.3 Å². The van der Waals surface area contributed by atoms with E-state index < -0.39 is 43.8 Å². The monoisotopic (exact) mass is 531 g/mol. The fourth-order valence-corrected chi connectivity index (χ4v) is 4.06. The molecule has 1 aliphatic carbocycles. The van der Waals surface area contributed by atoms with Gasteiger partial charge in [0.2, 0.25) is 0 Å². The van der Waals surface area contributed by atoms with E-state index in [4.69, 9.17) is 45.8 Å². The van der Waals surface area contributed by atoms with E-state index in [2.05, 4.69) is 5.32 Å². The molecule has 4 nitrogen and oxygen atoms in total. The minimum absolute atomic E-state index is 0.0224. The standard InChI is InChI=1S/C23H16Cl3F4N3O/c1-21(26)6-4-14(5-7-21)22(27,23(28,29)30)15-9-16(24)19(17(25)10-15)33-20(34)12-2-3-13(11-31)18(32)8-12/h2-6,8-10H,7,32H2,1H3,(H,33,34). The normalized spacial score (nSPS) is 19.7. The highest BCUT2D eigenvalue weighted by Crippen LogP contribution is 2.51. The van der Waals surface area contributed by atoms with Gasteiger partial charge in [-0.3, -0.25) is 4.79 Å². The van der Waals surface area contributed by atoms with E-state index in [0.717, 1.165) is 24.3 Å². The molecule has 0 heterocycles. The maximum Gasteiger partial charge on any atom is 0.431 e. The molecule has 0 bridgehead atoms. The molecule has 2 atom stereocenters. The third kappa shape index (κ3) is 4.88. The van der Waals surface area contributed by atoms with Gasteiger partial charge >= 0.3 is 6.18 Å². The number of carbonyl (C=O) groups excluding carboxylic acids is 1. The predicted molar refractivity (Wildman–Crippen MR) is 125 cm³/mol. The van der Waals surface area contributed by atoms with Crippen molar-refractivity contribution in [1.82, 2.24) is 0 Å². The number of nitriles is 1. The van der Waals surface area contributed by atoms with Gasteiger partial charge in [-0.2, -0.15) is 18.4 Å². The number of alkyl halides is 5. The number of allylic oxidation sites excluding steroid dienone is 4. The Morgan fingerprint density at radius 2 is 1.79 bits per heavy atom. The highest BCUT2D eigenvalue weighted by molar-refractivity contribution is 6.40. The minimum atomic E-state index is -5.35. The van der Waals surface area contributed by atoms with Gasteiger partial charge in [-0.1, -0.05) is 41.4 Å². The van der Waals surface area contributed by atoms with Crippen molar-refractivity contribution in [3.63, 3.8) is 0 Å². The van der Waals surface area contributed by atoms with Crippen molar-refractivity contribution in [3.8, 4) is 6.07 Å². The maximum atomic E-state index is 15.8. The molecule has 0 aliphatic heterocycles. The molecule has 1 amide bonds. The molecule has 0 saturated heterocycles. The van der Waals surface area contributed by atoms with Crippen molar-refractivity contribution >= 4 is 52.1 Å². The molecule has 0 spiro atoms. The second-order valence-corrected chi connectivity index (χ2v) is 9.49. The van der Waals surface area contributed by atoms with E-state index in [-0.39, 0.29) is 28.9 Å². The molecule has 11 heteroatoms. The number of carbonyl (C=O) groups is 1. The van der Waals surface area contributed by atoms with Crippen molar-refractivity contribution in [2.24, 2.45) is 0 Å². The first-order valence-electron chi connectivity index (χ1n) is 9.64. The Hall–Kier alpha value is -2.73. The van der Waals surface area contributed by atoms with Gasteiger partial charge in [-0.05, 0) is 49.2 Å². The molecule has 0 saturated carbocycles. The Balaban J connectivity index is 2.00. The lowest BCUT2D eigenvalue weighted by Gasteiger charge is -2.33. The first-order valence-corrected chi connectivity index (χ1v) is 10.8. The molecule has 0 aromatic heterocycles. The molecule has 0 fully saturated rings. The molecule has 2 aromatic rings. The number of nitrogen functional groups attached to an aromatic ring is 1. The number of nitrogens with two attached hydrogens (primary N) is 1. The van der Waals surface area contributed by atoms with Gasteiger partial charge in [0.15, 0.2) is 0 Å². The fourth-order valence-electron chi connectivity index (χ4n) is 3.34. The van der Waals surface area contributed by atoms with Crippen LogP contribution < -0.4 is 11.1 Å². The van der Waals surface area contributed by atoms with Crippen molar-refractivity contribution in [1.29, 1.82) is 5.26 Å². The van der Waals surface area contributed by atoms with E-state index in [1.807, 2.05) is 6.07 Å². The molecule has 3 rings (SSSR count). The number of rotatable bonds is 4. The van der Waals surface area contributed by atoms with Crippen molar-refractivity contribution in [2.45, 2.75) is 30.1 Å². The Bertz CT molecular complexity index is 1240. The minimum Gasteiger partial charge on any atom is -0.398 e. The van der Waals surface area contributed by atoms with Crippen molar-refractivity contribution < 1.29 is 22.4 Å². The van der Waals surface area contributed by atoms with Crippen molar-refractivity contribution in [2.75, 3.05) is 11.1 Å². The van der Waals surface area contributed by atoms with Gasteiger partial charge in [0.05, 0.1) is 31.9 Å². The highest BCUT2D eigenvalue weighted by atomic mass is 35.5. The molecule has 2 aromatic carbocycles. The summed E-state index contributed by atoms with van der Waals surface area (Å²) >= 11 is 18.4. The number of amides is 1. The molecule has 2 unspecified atom stereocenters. The summed E-state index contributed by atoms with van der Waals surface area (Å²) in [7, 11) is 0. The molecular weight excluding hydrogens is 517 g/mol. The topological polar surface area (TPSA) is 78.9 Å². The first kappa shape index (κ1) is 25.9. The van der Waals surface area contributed by atoms with Crippen LogP contribution >= 0.6 is 34.8 Å². The van der Waals surface area contributed by atoms with Crippen LogP contribution in [0.2, 0.25) is 10.0 Å². The summed E-state index contributed by atoms with van der Waals surface area (Å²) in [6.45, 7) is 1.58. The SMILES string of the molecule is CC1(Cl)C=CC(C(F)(c2cc(Cl)c(NC(=O)c3ccc(C#N)c(N)c3)c(Cl)c2)C(F)(F)F)=CC1. The summed E-state index contributed by atoms with van der Waals surface area (Å²) in [5.41, 5.74) is 0.299. The van der Waals surface area contributed by atoms with Crippen LogP contribution in [0.5, 0.6) is 0 Å². The van der Waals surface area contributed by atoms with Gasteiger partial charge in [0, 0.05) is 11.1 Å². The molecule has 178 valence electrons. The largest absolute Gasteiger partial charge is 0.431 e. The zero-order valence-corrected chi connectivity index (χ0v) is 19.7. The van der Waals surface area contributed by atoms with E-state index in [0.29, 0.717) is 0 Å². The number of benzene rings is 2. The lowest BCUT2D eigenvalue weighted by Crippen LogP contribution is -2.40. The lowest BCUT2D eigenvalue weighted by atomic mass is 9.82. The van der Waals surface area contributed by atoms with Crippen molar-refractivity contribution in [3.05, 3.63) is 80.9 Å². The summed E-state index contributed by atoms with van der Waals surface area (Å²) in [6.07, 6.45) is -2.03. The molecule has 0 radical (unpaired) electrons. The molecule has 3 N–H and O–H groups in total. The summed E-state index contributed by atoms with van der Waals surface area (Å²) in [5, 5.41) is 10.5. The highest BCUT2D eigenvalue weighted by Gasteiger charge is 2.59. The van der Waals surface area contributed by atoms with Gasteiger partial charge in [0.25, 0.3) is 11.6 Å². The first-order chi connectivity index (χ1) is 15.7. The number of nitrogens with zero attached hydrogens (tertiary/aromatic N) is 1. The zero-order valence-electron chi connectivity index (χ0n) is 17.4. The van der Waals surface area contributed by atoms with Crippen LogP contribution in [0.3, 0.4) is 0 Å². The Morgan fingerprint density at radius 3 is 2.26 bits per heavy atom. The van der Waals surface area contributed by atoms with E-state index >= 15 is 4.39 Å². The van der Waals surface area contributed by atoms with Crippen LogP contribution in [-0.4, -0.2) is 17.0 Å². The average Bonchev–Trinajstić information content (AvgIpc) is 2.74. The third-order valence-corrected chi connectivity index (χ3v) is 6.11. The Morgan fingerprint density at radius 1 is 1.18 bits per heavy atom. The molecule has 34 heavy (non-hydrogen) atoms. The van der Waals surface area contributed by atoms with Crippen LogP contribution in [0.25, 0.3) is 0 Å². The van der Waals surface area contributed by atoms with E-state index in [1.54, 1.807) is 6.92 Å². The van der Waals surface area contributed by atoms with Crippen LogP contribution in [0.1, 0.15) is 34.8 Å². The summed E-state index contributed by atoms with van der Waals surface area (Å²) in [5.74, 6) is -0.741. The van der Waals surface area contributed by atoms with Crippen LogP contribution in [0.15, 0.2) is 54.1 Å². The van der Waals surface area contributed by atoms with Gasteiger partial charge in [-0.25, -0.2) is 4.39 Å². The van der Waals surface area contributed by atoms with E-state index in [9.17, 15) is 18.0 Å². The van der Waals surface area contributed by atoms with Gasteiger partial charge in [-0.15, -0.1) is 11.6 Å². The third-order valence-electron chi connectivity index (χ3n) is 5.23. The predicted octanol–water partition coefficient (Wildman–Crippen LogP) is 7.31. The second kappa shape index (κ2) is 9.14. The van der Waals surface area contributed by atoms with Crippen LogP contribution in [-0.2, 0) is 5.67 Å². The van der Waals surface area contributed by atoms with E-state index in [1.165, 1.54) is 24.3 Å². The average molecular weight is 533 g/mol. The van der Waals surface area contributed by atoms with Crippen LogP contribution in [0.4, 0.5) is 28.9 Å². The lowest BCUT2D eigenvalue weighted by molar-refractivity contribution is -0.219.